The molecule has 1 atom stereocenters. The lowest BCUT2D eigenvalue weighted by atomic mass is 10.2. The summed E-state index contributed by atoms with van der Waals surface area (Å²) >= 11 is 5.57. The fourth-order valence-electron chi connectivity index (χ4n) is 2.05. The topological polar surface area (TPSA) is 30.7 Å². The number of halogens is 1. The third-order valence-corrected chi connectivity index (χ3v) is 5.00. The van der Waals surface area contributed by atoms with Crippen molar-refractivity contribution in [1.82, 2.24) is 15.0 Å². The summed E-state index contributed by atoms with van der Waals surface area (Å²) in [5, 5.41) is 8.54. The van der Waals surface area contributed by atoms with E-state index in [2.05, 4.69) is 50.0 Å². The van der Waals surface area contributed by atoms with Crippen molar-refractivity contribution in [1.29, 1.82) is 0 Å². The molecule has 16 heavy (non-hydrogen) atoms. The van der Waals surface area contributed by atoms with Crippen LogP contribution in [0.3, 0.4) is 0 Å². The van der Waals surface area contributed by atoms with Crippen LogP contribution in [0.1, 0.15) is 18.0 Å². The first-order valence-corrected chi connectivity index (χ1v) is 7.29. The van der Waals surface area contributed by atoms with Gasteiger partial charge in [0.1, 0.15) is 5.52 Å². The van der Waals surface area contributed by atoms with Crippen LogP contribution in [0.25, 0.3) is 11.0 Å². The number of nitrogens with zero attached hydrogens (tertiary/aromatic N) is 3. The fraction of sp³-hybridized carbons (Fsp3) is 0.455. The van der Waals surface area contributed by atoms with Gasteiger partial charge >= 0.3 is 0 Å². The Morgan fingerprint density at radius 3 is 3.12 bits per heavy atom. The number of hydrogen-bond donors (Lipinski definition) is 0. The highest BCUT2D eigenvalue weighted by Crippen LogP contribution is 2.31. The zero-order chi connectivity index (χ0) is 11.1. The zero-order valence-electron chi connectivity index (χ0n) is 8.98. The van der Waals surface area contributed by atoms with Crippen LogP contribution in [-0.2, 0) is 0 Å². The van der Waals surface area contributed by atoms with Gasteiger partial charge in [-0.15, -0.1) is 5.10 Å². The van der Waals surface area contributed by atoms with E-state index in [0.29, 0.717) is 6.04 Å². The summed E-state index contributed by atoms with van der Waals surface area (Å²) in [6, 6.07) is 4.74. The lowest BCUT2D eigenvalue weighted by molar-refractivity contribution is 0.501. The second-order valence-electron chi connectivity index (χ2n) is 4.14. The predicted octanol–water partition coefficient (Wildman–Crippen LogP) is 3.18. The van der Waals surface area contributed by atoms with E-state index >= 15 is 0 Å². The first kappa shape index (κ1) is 10.6. The monoisotopic (exact) mass is 297 g/mol. The van der Waals surface area contributed by atoms with Crippen LogP contribution in [-0.4, -0.2) is 26.5 Å². The Hall–Kier alpha value is -0.550. The summed E-state index contributed by atoms with van der Waals surface area (Å²) in [5.41, 5.74) is 3.35. The van der Waals surface area contributed by atoms with Crippen molar-refractivity contribution < 1.29 is 0 Å². The molecule has 1 aromatic carbocycles. The Kier molecular flexibility index (Phi) is 2.67. The van der Waals surface area contributed by atoms with Crippen molar-refractivity contribution in [2.24, 2.45) is 0 Å². The maximum atomic E-state index is 4.29. The molecule has 1 aromatic heterocycles. The molecule has 3 rings (SSSR count). The smallest absolute Gasteiger partial charge is 0.113 e. The molecule has 1 aliphatic heterocycles. The molecule has 2 heterocycles. The number of fused-ring (bicyclic) bond motifs is 1. The molecular weight excluding hydrogens is 286 g/mol. The molecule has 0 aliphatic carbocycles. The van der Waals surface area contributed by atoms with Gasteiger partial charge in [-0.3, -0.25) is 0 Å². The summed E-state index contributed by atoms with van der Waals surface area (Å²) in [5.74, 6) is 2.39. The van der Waals surface area contributed by atoms with Crippen LogP contribution in [0.2, 0.25) is 0 Å². The number of hydrogen-bond acceptors (Lipinski definition) is 3. The average molecular weight is 298 g/mol. The molecular formula is C11H12BrN3S. The maximum absolute atomic E-state index is 4.29. The summed E-state index contributed by atoms with van der Waals surface area (Å²) < 4.78 is 3.22. The molecule has 1 fully saturated rings. The molecule has 1 saturated heterocycles. The Bertz CT molecular complexity index is 531. The van der Waals surface area contributed by atoms with Crippen LogP contribution < -0.4 is 0 Å². The van der Waals surface area contributed by atoms with E-state index in [0.717, 1.165) is 21.3 Å². The lowest BCUT2D eigenvalue weighted by Crippen LogP contribution is -2.09. The van der Waals surface area contributed by atoms with Gasteiger partial charge in [-0.05, 0) is 36.8 Å². The fourth-order valence-corrected chi connectivity index (χ4v) is 3.57. The number of rotatable bonds is 1. The van der Waals surface area contributed by atoms with Gasteiger partial charge in [-0.2, -0.15) is 11.8 Å². The van der Waals surface area contributed by atoms with Crippen molar-refractivity contribution >= 4 is 38.7 Å². The van der Waals surface area contributed by atoms with Crippen LogP contribution >= 0.6 is 27.7 Å². The van der Waals surface area contributed by atoms with Crippen LogP contribution in [0.15, 0.2) is 16.6 Å². The van der Waals surface area contributed by atoms with Gasteiger partial charge in [0.2, 0.25) is 0 Å². The van der Waals surface area contributed by atoms with Gasteiger partial charge in [-0.25, -0.2) is 4.68 Å². The van der Waals surface area contributed by atoms with Crippen LogP contribution in [0.5, 0.6) is 0 Å². The van der Waals surface area contributed by atoms with Gasteiger partial charge in [0.05, 0.1) is 11.6 Å². The second-order valence-corrected chi connectivity index (χ2v) is 6.15. The molecule has 3 nitrogen and oxygen atoms in total. The van der Waals surface area contributed by atoms with Crippen LogP contribution in [0, 0.1) is 6.92 Å². The molecule has 0 radical (unpaired) electrons. The first-order valence-electron chi connectivity index (χ1n) is 5.34. The van der Waals surface area contributed by atoms with Crippen molar-refractivity contribution in [3.63, 3.8) is 0 Å². The number of benzene rings is 1. The molecule has 0 N–H and O–H groups in total. The Labute approximate surface area is 107 Å². The molecule has 84 valence electrons. The maximum Gasteiger partial charge on any atom is 0.113 e. The molecule has 0 bridgehead atoms. The van der Waals surface area contributed by atoms with Gasteiger partial charge < -0.3 is 0 Å². The van der Waals surface area contributed by atoms with Gasteiger partial charge in [-0.1, -0.05) is 21.1 Å². The first-order chi connectivity index (χ1) is 7.75. The normalized spacial score (nSPS) is 20.8. The Balaban J connectivity index is 2.15. The van der Waals surface area contributed by atoms with E-state index in [1.54, 1.807) is 0 Å². The van der Waals surface area contributed by atoms with E-state index in [4.69, 9.17) is 0 Å². The standard InChI is InChI=1S/C11H12BrN3S/c1-7-4-10-11(5-9(7)12)15(14-13-10)8-2-3-16-6-8/h4-5,8H,2-3,6H2,1H3. The molecule has 0 spiro atoms. The predicted molar refractivity (Wildman–Crippen MR) is 70.9 cm³/mol. The van der Waals surface area contributed by atoms with Gasteiger partial charge in [0, 0.05) is 10.2 Å². The zero-order valence-corrected chi connectivity index (χ0v) is 11.4. The van der Waals surface area contributed by atoms with Crippen molar-refractivity contribution in [3.05, 3.63) is 22.2 Å². The van der Waals surface area contributed by atoms with E-state index in [1.165, 1.54) is 17.7 Å². The highest BCUT2D eigenvalue weighted by molar-refractivity contribution is 9.10. The SMILES string of the molecule is Cc1cc2nnn(C3CCSC3)c2cc1Br. The van der Waals surface area contributed by atoms with Crippen molar-refractivity contribution in [2.45, 2.75) is 19.4 Å². The van der Waals surface area contributed by atoms with E-state index in [1.807, 2.05) is 11.8 Å². The van der Waals surface area contributed by atoms with E-state index in [9.17, 15) is 0 Å². The minimum Gasteiger partial charge on any atom is -0.241 e. The summed E-state index contributed by atoms with van der Waals surface area (Å²) in [6.07, 6.45) is 1.20. The summed E-state index contributed by atoms with van der Waals surface area (Å²) in [6.45, 7) is 2.08. The van der Waals surface area contributed by atoms with Crippen LogP contribution in [0.4, 0.5) is 0 Å². The highest BCUT2D eigenvalue weighted by Gasteiger charge is 2.20. The number of aryl methyl sites for hydroxylation is 1. The largest absolute Gasteiger partial charge is 0.241 e. The van der Waals surface area contributed by atoms with Crippen molar-refractivity contribution in [2.75, 3.05) is 11.5 Å². The molecule has 0 saturated carbocycles. The number of thioether (sulfide) groups is 1. The highest BCUT2D eigenvalue weighted by atomic mass is 79.9. The van der Waals surface area contributed by atoms with E-state index < -0.39 is 0 Å². The lowest BCUT2D eigenvalue weighted by Gasteiger charge is -2.09. The third-order valence-electron chi connectivity index (χ3n) is 3.00. The summed E-state index contributed by atoms with van der Waals surface area (Å²) in [7, 11) is 0. The average Bonchev–Trinajstić information content (AvgIpc) is 2.87. The van der Waals surface area contributed by atoms with Gasteiger partial charge in [0.15, 0.2) is 0 Å². The summed E-state index contributed by atoms with van der Waals surface area (Å²) in [4.78, 5) is 0. The van der Waals surface area contributed by atoms with Gasteiger partial charge in [0.25, 0.3) is 0 Å². The molecule has 1 unspecified atom stereocenters. The Morgan fingerprint density at radius 1 is 1.50 bits per heavy atom. The second kappa shape index (κ2) is 4.04. The molecule has 2 aromatic rings. The minimum absolute atomic E-state index is 0.518. The van der Waals surface area contributed by atoms with E-state index in [-0.39, 0.29) is 0 Å². The Morgan fingerprint density at radius 2 is 2.38 bits per heavy atom. The molecule has 1 aliphatic rings. The minimum atomic E-state index is 0.518. The molecule has 5 heteroatoms. The van der Waals surface area contributed by atoms with Crippen molar-refractivity contribution in [3.8, 4) is 0 Å². The number of aromatic nitrogens is 3. The third kappa shape index (κ3) is 1.66. The quantitative estimate of drug-likeness (QED) is 0.810. The molecule has 0 amide bonds.